The third-order valence-electron chi connectivity index (χ3n) is 3.71. The number of carbonyl (C=O) groups is 1. The van der Waals surface area contributed by atoms with Gasteiger partial charge in [0.25, 0.3) is 0 Å². The number of benzene rings is 1. The van der Waals surface area contributed by atoms with E-state index in [0.29, 0.717) is 17.4 Å². The van der Waals surface area contributed by atoms with Gasteiger partial charge in [0, 0.05) is 10.7 Å². The molecule has 2 aliphatic rings. The summed E-state index contributed by atoms with van der Waals surface area (Å²) in [6.45, 7) is 0. The van der Waals surface area contributed by atoms with Gasteiger partial charge in [-0.2, -0.15) is 0 Å². The molecule has 1 atom stereocenters. The number of hydrogen-bond donors (Lipinski definition) is 1. The van der Waals surface area contributed by atoms with Crippen molar-refractivity contribution in [3.05, 3.63) is 28.3 Å². The molecule has 0 aromatic heterocycles. The Morgan fingerprint density at radius 2 is 2.12 bits per heavy atom. The van der Waals surface area contributed by atoms with Crippen LogP contribution in [0.2, 0.25) is 5.02 Å². The number of rotatable bonds is 2. The lowest BCUT2D eigenvalue weighted by molar-refractivity contribution is -0.115. The smallest absolute Gasteiger partial charge is 0.228 e. The van der Waals surface area contributed by atoms with E-state index in [9.17, 15) is 4.79 Å². The van der Waals surface area contributed by atoms with Crippen molar-refractivity contribution in [2.45, 2.75) is 31.1 Å². The van der Waals surface area contributed by atoms with Crippen LogP contribution in [0.1, 0.15) is 35.8 Å². The van der Waals surface area contributed by atoms with Gasteiger partial charge in [0.1, 0.15) is 0 Å². The Morgan fingerprint density at radius 1 is 1.35 bits per heavy atom. The average Bonchev–Trinajstić information content (AvgIpc) is 2.53. The predicted octanol–water partition coefficient (Wildman–Crippen LogP) is 3.91. The molecular weight excluding hydrogens is 257 g/mol. The number of carbonyl (C=O) groups excluding carboxylic acids is 1. The van der Waals surface area contributed by atoms with E-state index in [1.54, 1.807) is 0 Å². The molecule has 2 nitrogen and oxygen atoms in total. The van der Waals surface area contributed by atoms with E-state index in [0.717, 1.165) is 16.8 Å². The topological polar surface area (TPSA) is 29.1 Å². The van der Waals surface area contributed by atoms with Crippen LogP contribution in [-0.4, -0.2) is 5.91 Å². The molecule has 1 amide bonds. The van der Waals surface area contributed by atoms with E-state index >= 15 is 0 Å². The van der Waals surface area contributed by atoms with Crippen LogP contribution in [0, 0.1) is 5.92 Å². The molecule has 17 heavy (non-hydrogen) atoms. The van der Waals surface area contributed by atoms with E-state index < -0.39 is 0 Å². The molecule has 1 saturated carbocycles. The highest BCUT2D eigenvalue weighted by atomic mass is 35.5. The maximum absolute atomic E-state index is 11.3. The van der Waals surface area contributed by atoms with Crippen molar-refractivity contribution in [1.29, 1.82) is 0 Å². The van der Waals surface area contributed by atoms with E-state index in [4.69, 9.17) is 23.2 Å². The van der Waals surface area contributed by atoms with Crippen LogP contribution in [0.5, 0.6) is 0 Å². The van der Waals surface area contributed by atoms with Crippen LogP contribution in [0.25, 0.3) is 0 Å². The number of amides is 1. The van der Waals surface area contributed by atoms with Gasteiger partial charge in [-0.1, -0.05) is 24.1 Å². The maximum atomic E-state index is 11.3. The van der Waals surface area contributed by atoms with Gasteiger partial charge < -0.3 is 5.32 Å². The van der Waals surface area contributed by atoms with Gasteiger partial charge in [-0.25, -0.2) is 0 Å². The minimum Gasteiger partial charge on any atom is -0.325 e. The van der Waals surface area contributed by atoms with E-state index in [1.807, 2.05) is 12.1 Å². The number of halogens is 2. The second-order valence-corrected chi connectivity index (χ2v) is 5.73. The number of nitrogens with one attached hydrogen (secondary N) is 1. The standard InChI is InChI=1S/C13H13Cl2NO/c14-10-6-11-8(5-12(17)16-11)4-9(10)13(15)7-2-1-3-7/h4,6-7,13H,1-3,5H2,(H,16,17). The fourth-order valence-corrected chi connectivity index (χ4v) is 3.23. The second kappa shape index (κ2) is 4.18. The van der Waals surface area contributed by atoms with Crippen molar-refractivity contribution < 1.29 is 4.79 Å². The largest absolute Gasteiger partial charge is 0.325 e. The predicted molar refractivity (Wildman–Crippen MR) is 69.7 cm³/mol. The first-order valence-corrected chi connectivity index (χ1v) is 6.73. The highest BCUT2D eigenvalue weighted by Crippen LogP contribution is 2.45. The average molecular weight is 270 g/mol. The van der Waals surface area contributed by atoms with Gasteiger partial charge in [0.2, 0.25) is 5.91 Å². The minimum atomic E-state index is -0.0164. The summed E-state index contributed by atoms with van der Waals surface area (Å²) in [5.74, 6) is 0.570. The Labute approximate surface area is 110 Å². The van der Waals surface area contributed by atoms with Crippen molar-refractivity contribution in [2.75, 3.05) is 5.32 Å². The maximum Gasteiger partial charge on any atom is 0.228 e. The van der Waals surface area contributed by atoms with Crippen molar-refractivity contribution in [3.8, 4) is 0 Å². The number of hydrogen-bond acceptors (Lipinski definition) is 1. The normalized spacial score (nSPS) is 20.7. The molecule has 1 aliphatic carbocycles. The van der Waals surface area contributed by atoms with Gasteiger partial charge in [-0.15, -0.1) is 11.6 Å². The summed E-state index contributed by atoms with van der Waals surface area (Å²) in [7, 11) is 0. The van der Waals surface area contributed by atoms with Crippen LogP contribution < -0.4 is 5.32 Å². The molecule has 1 aromatic carbocycles. The number of fused-ring (bicyclic) bond motifs is 1. The molecular formula is C13H13Cl2NO. The zero-order valence-electron chi connectivity index (χ0n) is 9.30. The Balaban J connectivity index is 1.95. The van der Waals surface area contributed by atoms with Gasteiger partial charge >= 0.3 is 0 Å². The van der Waals surface area contributed by atoms with E-state index in [-0.39, 0.29) is 11.3 Å². The molecule has 0 spiro atoms. The first-order chi connectivity index (χ1) is 8.15. The SMILES string of the molecule is O=C1Cc2cc(C(Cl)C3CCC3)c(Cl)cc2N1. The zero-order valence-corrected chi connectivity index (χ0v) is 10.8. The van der Waals surface area contributed by atoms with E-state index in [2.05, 4.69) is 5.32 Å². The summed E-state index contributed by atoms with van der Waals surface area (Å²) >= 11 is 12.7. The third kappa shape index (κ3) is 1.94. The third-order valence-corrected chi connectivity index (χ3v) is 4.63. The summed E-state index contributed by atoms with van der Waals surface area (Å²) in [6, 6.07) is 3.82. The molecule has 1 N–H and O–H groups in total. The molecule has 90 valence electrons. The van der Waals surface area contributed by atoms with Crippen molar-refractivity contribution in [3.63, 3.8) is 0 Å². The van der Waals surface area contributed by atoms with Gasteiger partial charge in [0.15, 0.2) is 0 Å². The molecule has 0 radical (unpaired) electrons. The van der Waals surface area contributed by atoms with Crippen LogP contribution in [0.3, 0.4) is 0 Å². The molecule has 3 rings (SSSR count). The molecule has 0 saturated heterocycles. The lowest BCUT2D eigenvalue weighted by Gasteiger charge is -2.30. The summed E-state index contributed by atoms with van der Waals surface area (Å²) in [5.41, 5.74) is 2.83. The molecule has 4 heteroatoms. The summed E-state index contributed by atoms with van der Waals surface area (Å²) in [5, 5.41) is 3.44. The van der Waals surface area contributed by atoms with Crippen LogP contribution in [0.15, 0.2) is 12.1 Å². The molecule has 1 aromatic rings. The molecule has 1 heterocycles. The quantitative estimate of drug-likeness (QED) is 0.811. The lowest BCUT2D eigenvalue weighted by atomic mass is 9.80. The summed E-state index contributed by atoms with van der Waals surface area (Å²) in [6.07, 6.45) is 4.06. The fourth-order valence-electron chi connectivity index (χ4n) is 2.46. The molecule has 1 aliphatic heterocycles. The molecule has 0 bridgehead atoms. The van der Waals surface area contributed by atoms with Gasteiger partial charge in [0.05, 0.1) is 11.8 Å². The van der Waals surface area contributed by atoms with Gasteiger partial charge in [-0.05, 0) is 36.0 Å². The zero-order chi connectivity index (χ0) is 12.0. The first-order valence-electron chi connectivity index (χ1n) is 5.91. The highest BCUT2D eigenvalue weighted by Gasteiger charge is 2.30. The Kier molecular flexibility index (Phi) is 2.80. The van der Waals surface area contributed by atoms with Gasteiger partial charge in [-0.3, -0.25) is 4.79 Å². The number of anilines is 1. The summed E-state index contributed by atoms with van der Waals surface area (Å²) < 4.78 is 0. The van der Waals surface area contributed by atoms with Crippen molar-refractivity contribution >= 4 is 34.8 Å². The Hall–Kier alpha value is -0.730. The fraction of sp³-hybridized carbons (Fsp3) is 0.462. The summed E-state index contributed by atoms with van der Waals surface area (Å²) in [4.78, 5) is 11.3. The van der Waals surface area contributed by atoms with Crippen LogP contribution in [0.4, 0.5) is 5.69 Å². The van der Waals surface area contributed by atoms with Crippen LogP contribution >= 0.6 is 23.2 Å². The Bertz CT molecular complexity index is 483. The monoisotopic (exact) mass is 269 g/mol. The Morgan fingerprint density at radius 3 is 2.76 bits per heavy atom. The van der Waals surface area contributed by atoms with Crippen molar-refractivity contribution in [1.82, 2.24) is 0 Å². The molecule has 1 fully saturated rings. The number of alkyl halides is 1. The minimum absolute atomic E-state index is 0.0164. The first kappa shape index (κ1) is 11.4. The highest BCUT2D eigenvalue weighted by molar-refractivity contribution is 6.33. The van der Waals surface area contributed by atoms with Crippen LogP contribution in [-0.2, 0) is 11.2 Å². The molecule has 1 unspecified atom stereocenters. The lowest BCUT2D eigenvalue weighted by Crippen LogP contribution is -2.17. The van der Waals surface area contributed by atoms with Crippen molar-refractivity contribution in [2.24, 2.45) is 5.92 Å². The van der Waals surface area contributed by atoms with E-state index in [1.165, 1.54) is 19.3 Å². The second-order valence-electron chi connectivity index (χ2n) is 4.85.